The van der Waals surface area contributed by atoms with Gasteiger partial charge in [0.2, 0.25) is 0 Å². The first-order valence-electron chi connectivity index (χ1n) is 6.71. The fourth-order valence-corrected chi connectivity index (χ4v) is 3.13. The van der Waals surface area contributed by atoms with Crippen LogP contribution in [0.4, 0.5) is 5.13 Å². The number of H-pyrrole nitrogens is 1. The number of rotatable bonds is 4. The Hall–Kier alpha value is -1.12. The molecule has 0 bridgehead atoms. The standard InChI is InChI=1S/C13H14Cl2N4O2S/c14-9-5-10(17-11(9)15)12(20)18-13-16-8(7-22-13)6-19-1-3-21-4-2-19/h5,7,17H,1-4,6H2,(H,16,18,20). The number of hydrogen-bond donors (Lipinski definition) is 2. The van der Waals surface area contributed by atoms with Crippen molar-refractivity contribution in [3.05, 3.63) is 33.0 Å². The lowest BCUT2D eigenvalue weighted by Crippen LogP contribution is -2.35. The van der Waals surface area contributed by atoms with Crippen LogP contribution in [-0.2, 0) is 11.3 Å². The Balaban J connectivity index is 1.60. The van der Waals surface area contributed by atoms with Gasteiger partial charge in [0.05, 0.1) is 23.9 Å². The van der Waals surface area contributed by atoms with Gasteiger partial charge in [-0.3, -0.25) is 15.0 Å². The quantitative estimate of drug-likeness (QED) is 0.879. The van der Waals surface area contributed by atoms with Gasteiger partial charge >= 0.3 is 0 Å². The molecule has 1 aliphatic heterocycles. The first-order chi connectivity index (χ1) is 10.6. The number of carbonyl (C=O) groups is 1. The summed E-state index contributed by atoms with van der Waals surface area (Å²) in [4.78, 5) is 21.5. The van der Waals surface area contributed by atoms with E-state index < -0.39 is 0 Å². The average Bonchev–Trinajstić information content (AvgIpc) is 3.07. The highest BCUT2D eigenvalue weighted by Crippen LogP contribution is 2.23. The molecule has 22 heavy (non-hydrogen) atoms. The van der Waals surface area contributed by atoms with E-state index in [2.05, 4.69) is 20.2 Å². The molecule has 1 aliphatic rings. The molecule has 0 unspecified atom stereocenters. The van der Waals surface area contributed by atoms with E-state index in [1.165, 1.54) is 17.4 Å². The molecule has 6 nitrogen and oxygen atoms in total. The third kappa shape index (κ3) is 3.80. The van der Waals surface area contributed by atoms with Crippen molar-refractivity contribution in [3.63, 3.8) is 0 Å². The Labute approximate surface area is 141 Å². The number of hydrogen-bond acceptors (Lipinski definition) is 5. The van der Waals surface area contributed by atoms with Crippen LogP contribution >= 0.6 is 34.5 Å². The summed E-state index contributed by atoms with van der Waals surface area (Å²) in [6.45, 7) is 4.07. The Kier molecular flexibility index (Phi) is 5.00. The van der Waals surface area contributed by atoms with E-state index in [4.69, 9.17) is 27.9 Å². The third-order valence-electron chi connectivity index (χ3n) is 3.23. The average molecular weight is 361 g/mol. The number of morpholine rings is 1. The molecule has 0 atom stereocenters. The molecule has 2 N–H and O–H groups in total. The number of ether oxygens (including phenoxy) is 1. The summed E-state index contributed by atoms with van der Waals surface area (Å²) in [6, 6.07) is 1.49. The van der Waals surface area contributed by atoms with Crippen LogP contribution in [0.25, 0.3) is 0 Å². The molecule has 1 amide bonds. The van der Waals surface area contributed by atoms with Crippen molar-refractivity contribution in [3.8, 4) is 0 Å². The van der Waals surface area contributed by atoms with E-state index >= 15 is 0 Å². The van der Waals surface area contributed by atoms with Crippen molar-refractivity contribution in [2.45, 2.75) is 6.54 Å². The van der Waals surface area contributed by atoms with E-state index in [-0.39, 0.29) is 11.1 Å². The molecular weight excluding hydrogens is 347 g/mol. The highest BCUT2D eigenvalue weighted by molar-refractivity contribution is 7.13. The monoisotopic (exact) mass is 360 g/mol. The zero-order chi connectivity index (χ0) is 15.5. The summed E-state index contributed by atoms with van der Waals surface area (Å²) in [5, 5.41) is 5.80. The van der Waals surface area contributed by atoms with Gasteiger partial charge in [-0.25, -0.2) is 4.98 Å². The van der Waals surface area contributed by atoms with Crippen molar-refractivity contribution < 1.29 is 9.53 Å². The van der Waals surface area contributed by atoms with Crippen LogP contribution in [0.3, 0.4) is 0 Å². The molecule has 0 radical (unpaired) electrons. The number of thiazole rings is 1. The number of nitrogens with one attached hydrogen (secondary N) is 2. The van der Waals surface area contributed by atoms with Crippen molar-refractivity contribution in [2.24, 2.45) is 0 Å². The molecule has 3 heterocycles. The lowest BCUT2D eigenvalue weighted by molar-refractivity contribution is 0.0337. The maximum atomic E-state index is 12.1. The van der Waals surface area contributed by atoms with Gasteiger partial charge in [0.25, 0.3) is 5.91 Å². The second-order valence-electron chi connectivity index (χ2n) is 4.83. The van der Waals surface area contributed by atoms with Crippen LogP contribution in [0, 0.1) is 0 Å². The summed E-state index contributed by atoms with van der Waals surface area (Å²) in [7, 11) is 0. The Morgan fingerprint density at radius 1 is 1.45 bits per heavy atom. The largest absolute Gasteiger partial charge is 0.379 e. The normalized spacial score (nSPS) is 15.9. The number of aromatic amines is 1. The molecule has 0 saturated carbocycles. The minimum absolute atomic E-state index is 0.249. The van der Waals surface area contributed by atoms with Crippen LogP contribution < -0.4 is 5.32 Å². The Morgan fingerprint density at radius 3 is 2.91 bits per heavy atom. The predicted octanol–water partition coefficient (Wildman–Crippen LogP) is 2.86. The van der Waals surface area contributed by atoms with Gasteiger partial charge in [0.1, 0.15) is 10.8 Å². The molecular formula is C13H14Cl2N4O2S. The maximum Gasteiger partial charge on any atom is 0.273 e. The first kappa shape index (κ1) is 15.8. The van der Waals surface area contributed by atoms with Gasteiger partial charge in [-0.15, -0.1) is 11.3 Å². The molecule has 0 spiro atoms. The van der Waals surface area contributed by atoms with Crippen LogP contribution in [0.2, 0.25) is 10.2 Å². The van der Waals surface area contributed by atoms with Gasteiger partial charge in [-0.2, -0.15) is 0 Å². The molecule has 9 heteroatoms. The summed E-state index contributed by atoms with van der Waals surface area (Å²) in [5.74, 6) is -0.318. The van der Waals surface area contributed by atoms with Crippen LogP contribution in [0.1, 0.15) is 16.2 Å². The minimum atomic E-state index is -0.318. The van der Waals surface area contributed by atoms with E-state index in [1.54, 1.807) is 0 Å². The molecule has 3 rings (SSSR count). The Morgan fingerprint density at radius 2 is 2.23 bits per heavy atom. The number of nitrogens with zero attached hydrogens (tertiary/aromatic N) is 2. The SMILES string of the molecule is O=C(Nc1nc(CN2CCOCC2)cs1)c1cc(Cl)c(Cl)[nH]1. The summed E-state index contributed by atoms with van der Waals surface area (Å²) >= 11 is 13.0. The predicted molar refractivity (Wildman–Crippen MR) is 87.0 cm³/mol. The fourth-order valence-electron chi connectivity index (χ4n) is 2.12. The van der Waals surface area contributed by atoms with E-state index in [0.717, 1.165) is 38.5 Å². The van der Waals surface area contributed by atoms with E-state index in [9.17, 15) is 4.79 Å². The minimum Gasteiger partial charge on any atom is -0.379 e. The number of anilines is 1. The van der Waals surface area contributed by atoms with Crippen LogP contribution in [-0.4, -0.2) is 47.1 Å². The van der Waals surface area contributed by atoms with Gasteiger partial charge in [0.15, 0.2) is 5.13 Å². The molecule has 1 fully saturated rings. The van der Waals surface area contributed by atoms with Gasteiger partial charge in [-0.1, -0.05) is 23.2 Å². The first-order valence-corrected chi connectivity index (χ1v) is 8.35. The third-order valence-corrected chi connectivity index (χ3v) is 4.73. The van der Waals surface area contributed by atoms with Crippen LogP contribution in [0.15, 0.2) is 11.4 Å². The smallest absolute Gasteiger partial charge is 0.273 e. The summed E-state index contributed by atoms with van der Waals surface area (Å²) in [6.07, 6.45) is 0. The summed E-state index contributed by atoms with van der Waals surface area (Å²) < 4.78 is 5.31. The van der Waals surface area contributed by atoms with E-state index in [1.807, 2.05) is 5.38 Å². The Bertz CT molecular complexity index is 647. The maximum absolute atomic E-state index is 12.1. The molecule has 0 aromatic carbocycles. The van der Waals surface area contributed by atoms with Crippen molar-refractivity contribution in [2.75, 3.05) is 31.6 Å². The van der Waals surface area contributed by atoms with E-state index in [0.29, 0.717) is 15.8 Å². The highest BCUT2D eigenvalue weighted by Gasteiger charge is 2.15. The van der Waals surface area contributed by atoms with Crippen LogP contribution in [0.5, 0.6) is 0 Å². The number of aromatic nitrogens is 2. The van der Waals surface area contributed by atoms with Gasteiger partial charge in [0, 0.05) is 25.0 Å². The number of carbonyl (C=O) groups excluding carboxylic acids is 1. The molecule has 0 aliphatic carbocycles. The molecule has 1 saturated heterocycles. The zero-order valence-electron chi connectivity index (χ0n) is 11.6. The fraction of sp³-hybridized carbons (Fsp3) is 0.385. The molecule has 118 valence electrons. The number of amides is 1. The lowest BCUT2D eigenvalue weighted by atomic mass is 10.3. The zero-order valence-corrected chi connectivity index (χ0v) is 13.9. The van der Waals surface area contributed by atoms with Gasteiger partial charge < -0.3 is 9.72 Å². The lowest BCUT2D eigenvalue weighted by Gasteiger charge is -2.25. The van der Waals surface area contributed by atoms with Gasteiger partial charge in [-0.05, 0) is 6.07 Å². The van der Waals surface area contributed by atoms with Crippen molar-refractivity contribution >= 4 is 45.6 Å². The number of halogens is 2. The molecule has 2 aromatic heterocycles. The van der Waals surface area contributed by atoms with Crippen molar-refractivity contribution in [1.82, 2.24) is 14.9 Å². The summed E-state index contributed by atoms with van der Waals surface area (Å²) in [5.41, 5.74) is 1.24. The highest BCUT2D eigenvalue weighted by atomic mass is 35.5. The molecule has 2 aromatic rings. The second kappa shape index (κ2) is 6.97. The topological polar surface area (TPSA) is 70.2 Å². The second-order valence-corrected chi connectivity index (χ2v) is 6.47. The van der Waals surface area contributed by atoms with Crippen molar-refractivity contribution in [1.29, 1.82) is 0 Å².